The Labute approximate surface area is 213 Å². The van der Waals surface area contributed by atoms with Crippen LogP contribution < -0.4 is 20.2 Å². The van der Waals surface area contributed by atoms with Crippen LogP contribution in [-0.4, -0.2) is 37.3 Å². The number of nitrogens with one attached hydrogen (secondary N) is 2. The van der Waals surface area contributed by atoms with Gasteiger partial charge >= 0.3 is 0 Å². The highest BCUT2D eigenvalue weighted by Gasteiger charge is 2.24. The van der Waals surface area contributed by atoms with Crippen LogP contribution in [0.5, 0.6) is 11.5 Å². The van der Waals surface area contributed by atoms with Crippen molar-refractivity contribution in [1.82, 2.24) is 10.7 Å². The highest BCUT2D eigenvalue weighted by molar-refractivity contribution is 14.1. The molecule has 0 aliphatic carbocycles. The standard InChI is InChI=1S/C24H29ClIN3O4/c1-5-10-33-22-19(26)11-16(12-20(22)32-6-2)14-27-29-24(31)21(15(3)4)28-23(30)17-8-7-9-18(25)13-17/h7-9,11-15,21H,5-6,10H2,1-4H3,(H,28,30)(H,29,31). The van der Waals surface area contributed by atoms with Crippen LogP contribution in [0.2, 0.25) is 5.02 Å². The van der Waals surface area contributed by atoms with Gasteiger partial charge in [0.05, 0.1) is 23.0 Å². The van der Waals surface area contributed by atoms with Crippen molar-refractivity contribution in [2.45, 2.75) is 40.2 Å². The molecule has 0 saturated carbocycles. The lowest BCUT2D eigenvalue weighted by Gasteiger charge is -2.20. The molecule has 2 rings (SSSR count). The third kappa shape index (κ3) is 8.19. The number of nitrogens with zero attached hydrogens (tertiary/aromatic N) is 1. The van der Waals surface area contributed by atoms with E-state index in [1.54, 1.807) is 24.3 Å². The van der Waals surface area contributed by atoms with E-state index in [-0.39, 0.29) is 11.8 Å². The molecule has 7 nitrogen and oxygen atoms in total. The highest BCUT2D eigenvalue weighted by Crippen LogP contribution is 2.34. The molecular weight excluding hydrogens is 557 g/mol. The predicted molar refractivity (Wildman–Crippen MR) is 139 cm³/mol. The molecule has 2 N–H and O–H groups in total. The van der Waals surface area contributed by atoms with E-state index in [4.69, 9.17) is 21.1 Å². The SMILES string of the molecule is CCCOc1c(I)cc(C=NNC(=O)C(NC(=O)c2cccc(Cl)c2)C(C)C)cc1OCC. The van der Waals surface area contributed by atoms with Crippen molar-refractivity contribution >= 4 is 52.2 Å². The minimum Gasteiger partial charge on any atom is -0.490 e. The molecule has 0 fully saturated rings. The van der Waals surface area contributed by atoms with Crippen molar-refractivity contribution in [1.29, 1.82) is 0 Å². The second-order valence-electron chi connectivity index (χ2n) is 7.55. The molecule has 0 radical (unpaired) electrons. The number of hydrazone groups is 1. The van der Waals surface area contributed by atoms with Crippen molar-refractivity contribution < 1.29 is 19.1 Å². The summed E-state index contributed by atoms with van der Waals surface area (Å²) in [6.07, 6.45) is 2.42. The van der Waals surface area contributed by atoms with E-state index in [9.17, 15) is 9.59 Å². The smallest absolute Gasteiger partial charge is 0.262 e. The van der Waals surface area contributed by atoms with Gasteiger partial charge < -0.3 is 14.8 Å². The number of ether oxygens (including phenoxy) is 2. The van der Waals surface area contributed by atoms with Crippen LogP contribution in [0.1, 0.15) is 50.0 Å². The predicted octanol–water partition coefficient (Wildman–Crippen LogP) is 5.04. The van der Waals surface area contributed by atoms with Crippen molar-refractivity contribution in [2.24, 2.45) is 11.0 Å². The zero-order valence-electron chi connectivity index (χ0n) is 19.2. The lowest BCUT2D eigenvalue weighted by Crippen LogP contribution is -2.48. The number of rotatable bonds is 11. The van der Waals surface area contributed by atoms with Crippen LogP contribution in [-0.2, 0) is 4.79 Å². The third-order valence-electron chi connectivity index (χ3n) is 4.49. The molecular formula is C24H29ClIN3O4. The van der Waals surface area contributed by atoms with Gasteiger partial charge in [0.25, 0.3) is 11.8 Å². The third-order valence-corrected chi connectivity index (χ3v) is 5.53. The molecule has 2 aromatic carbocycles. The van der Waals surface area contributed by atoms with Crippen LogP contribution in [0.3, 0.4) is 0 Å². The highest BCUT2D eigenvalue weighted by atomic mass is 127. The van der Waals surface area contributed by atoms with Gasteiger partial charge in [0.1, 0.15) is 6.04 Å². The fourth-order valence-corrected chi connectivity index (χ4v) is 3.87. The van der Waals surface area contributed by atoms with Gasteiger partial charge in [-0.1, -0.05) is 38.4 Å². The number of halogens is 2. The average molecular weight is 586 g/mol. The van der Waals surface area contributed by atoms with Crippen LogP contribution in [0.25, 0.3) is 0 Å². The maximum atomic E-state index is 12.7. The molecule has 0 saturated heterocycles. The Kier molecular flexibility index (Phi) is 10.9. The van der Waals surface area contributed by atoms with Gasteiger partial charge in [-0.15, -0.1) is 0 Å². The Morgan fingerprint density at radius 2 is 1.94 bits per heavy atom. The van der Waals surface area contributed by atoms with E-state index >= 15 is 0 Å². The Balaban J connectivity index is 2.10. The van der Waals surface area contributed by atoms with Crippen molar-refractivity contribution in [3.05, 3.63) is 56.1 Å². The van der Waals surface area contributed by atoms with Gasteiger partial charge in [0.15, 0.2) is 11.5 Å². The number of benzene rings is 2. The Bertz CT molecular complexity index is 998. The summed E-state index contributed by atoms with van der Waals surface area (Å²) >= 11 is 8.14. The monoisotopic (exact) mass is 585 g/mol. The summed E-state index contributed by atoms with van der Waals surface area (Å²) in [7, 11) is 0. The second kappa shape index (κ2) is 13.4. The quantitative estimate of drug-likeness (QED) is 0.220. The van der Waals surface area contributed by atoms with Crippen molar-refractivity contribution in [3.8, 4) is 11.5 Å². The number of hydrogen-bond acceptors (Lipinski definition) is 5. The first-order valence-corrected chi connectivity index (χ1v) is 12.2. The summed E-state index contributed by atoms with van der Waals surface area (Å²) in [5.41, 5.74) is 3.64. The molecule has 1 atom stereocenters. The zero-order valence-corrected chi connectivity index (χ0v) is 22.1. The second-order valence-corrected chi connectivity index (χ2v) is 9.15. The van der Waals surface area contributed by atoms with E-state index in [0.717, 1.165) is 15.6 Å². The summed E-state index contributed by atoms with van der Waals surface area (Å²) < 4.78 is 12.4. The Hall–Kier alpha value is -2.33. The fourth-order valence-electron chi connectivity index (χ4n) is 2.90. The average Bonchev–Trinajstić information content (AvgIpc) is 2.76. The Morgan fingerprint density at radius 3 is 2.58 bits per heavy atom. The number of amides is 2. The summed E-state index contributed by atoms with van der Waals surface area (Å²) in [4.78, 5) is 25.2. The van der Waals surface area contributed by atoms with Crippen LogP contribution in [0.4, 0.5) is 0 Å². The van der Waals surface area contributed by atoms with E-state index in [1.807, 2.05) is 39.8 Å². The van der Waals surface area contributed by atoms with E-state index < -0.39 is 11.9 Å². The normalized spacial score (nSPS) is 12.0. The molecule has 1 unspecified atom stereocenters. The van der Waals surface area contributed by atoms with E-state index in [1.165, 1.54) is 6.21 Å². The lowest BCUT2D eigenvalue weighted by atomic mass is 10.0. The van der Waals surface area contributed by atoms with Crippen LogP contribution in [0.15, 0.2) is 41.5 Å². The molecule has 9 heteroatoms. The number of carbonyl (C=O) groups is 2. The van der Waals surface area contributed by atoms with Crippen molar-refractivity contribution in [3.63, 3.8) is 0 Å². The molecule has 0 aromatic heterocycles. The molecule has 33 heavy (non-hydrogen) atoms. The molecule has 2 aromatic rings. The van der Waals surface area contributed by atoms with Gasteiger partial charge in [0.2, 0.25) is 0 Å². The topological polar surface area (TPSA) is 89.0 Å². The lowest BCUT2D eigenvalue weighted by molar-refractivity contribution is -0.123. The molecule has 0 spiro atoms. The van der Waals surface area contributed by atoms with Gasteiger partial charge in [-0.3, -0.25) is 9.59 Å². The molecule has 178 valence electrons. The van der Waals surface area contributed by atoms with Crippen LogP contribution >= 0.6 is 34.2 Å². The molecule has 0 heterocycles. The molecule has 2 amide bonds. The minimum absolute atomic E-state index is 0.149. The largest absolute Gasteiger partial charge is 0.490 e. The summed E-state index contributed by atoms with van der Waals surface area (Å²) in [6.45, 7) is 8.73. The fraction of sp³-hybridized carbons (Fsp3) is 0.375. The first-order valence-electron chi connectivity index (χ1n) is 10.7. The van der Waals surface area contributed by atoms with E-state index in [0.29, 0.717) is 35.3 Å². The zero-order chi connectivity index (χ0) is 24.4. The van der Waals surface area contributed by atoms with Crippen molar-refractivity contribution in [2.75, 3.05) is 13.2 Å². The maximum absolute atomic E-state index is 12.7. The molecule has 0 bridgehead atoms. The first-order chi connectivity index (χ1) is 15.8. The molecule has 0 aliphatic rings. The van der Waals surface area contributed by atoms with Crippen LogP contribution in [0, 0.1) is 9.49 Å². The maximum Gasteiger partial charge on any atom is 0.262 e. The van der Waals surface area contributed by atoms with Gasteiger partial charge in [0, 0.05) is 10.6 Å². The molecule has 0 aliphatic heterocycles. The minimum atomic E-state index is -0.766. The number of carbonyl (C=O) groups excluding carboxylic acids is 2. The summed E-state index contributed by atoms with van der Waals surface area (Å²) in [6, 6.07) is 9.49. The first kappa shape index (κ1) is 26.9. The Morgan fingerprint density at radius 1 is 1.18 bits per heavy atom. The van der Waals surface area contributed by atoms with Gasteiger partial charge in [-0.25, -0.2) is 5.43 Å². The summed E-state index contributed by atoms with van der Waals surface area (Å²) in [5, 5.41) is 7.27. The number of hydrogen-bond donors (Lipinski definition) is 2. The van der Waals surface area contributed by atoms with E-state index in [2.05, 4.69) is 38.4 Å². The van der Waals surface area contributed by atoms with Gasteiger partial charge in [-0.2, -0.15) is 5.10 Å². The summed E-state index contributed by atoms with van der Waals surface area (Å²) in [5.74, 6) is 0.376. The van der Waals surface area contributed by atoms with Gasteiger partial charge in [-0.05, 0) is 77.7 Å².